The van der Waals surface area contributed by atoms with Crippen molar-refractivity contribution >= 4 is 28.4 Å². The van der Waals surface area contributed by atoms with Crippen LogP contribution in [0.4, 0.5) is 5.69 Å². The predicted molar refractivity (Wildman–Crippen MR) is 124 cm³/mol. The Morgan fingerprint density at radius 3 is 2.88 bits per heavy atom. The van der Waals surface area contributed by atoms with Gasteiger partial charge in [0.1, 0.15) is 11.4 Å². The van der Waals surface area contributed by atoms with Crippen LogP contribution in [-0.2, 0) is 20.7 Å². The number of ether oxygens (including phenoxy) is 2. The highest BCUT2D eigenvalue weighted by atomic mass is 16.5. The van der Waals surface area contributed by atoms with Gasteiger partial charge < -0.3 is 24.7 Å². The lowest BCUT2D eigenvalue weighted by Gasteiger charge is -2.23. The van der Waals surface area contributed by atoms with Crippen LogP contribution in [0.15, 0.2) is 66.9 Å². The molecular formula is C26H25N3O4. The molecule has 168 valence electrons. The zero-order chi connectivity index (χ0) is 22.6. The van der Waals surface area contributed by atoms with Crippen molar-refractivity contribution in [3.05, 3.63) is 72.4 Å². The van der Waals surface area contributed by atoms with Crippen molar-refractivity contribution in [1.29, 1.82) is 0 Å². The van der Waals surface area contributed by atoms with Crippen molar-refractivity contribution in [1.82, 2.24) is 10.3 Å². The van der Waals surface area contributed by atoms with Crippen molar-refractivity contribution in [2.75, 3.05) is 25.1 Å². The molecule has 4 heterocycles. The zero-order valence-corrected chi connectivity index (χ0v) is 18.3. The van der Waals surface area contributed by atoms with Crippen LogP contribution in [0.1, 0.15) is 5.56 Å². The molecule has 2 amide bonds. The molecule has 7 heteroatoms. The molecule has 1 spiro atoms. The standard InChI is InChI=1S/C26H25N3O4/c1-32-18-8-6-17(7-9-18)29-15-26-12-10-21(33-26)22(23(26)25(29)31)24(30)27-13-11-16-14-28-20-5-3-2-4-19(16)20/h2-10,12,14,21-23,28H,11,13,15H2,1H3,(H,27,30)/t21-,22-,23+,26-/m1/s1. The predicted octanol–water partition coefficient (Wildman–Crippen LogP) is 2.82. The minimum absolute atomic E-state index is 0.0659. The average Bonchev–Trinajstić information content (AvgIpc) is 3.59. The summed E-state index contributed by atoms with van der Waals surface area (Å²) in [5.41, 5.74) is 2.29. The van der Waals surface area contributed by atoms with Gasteiger partial charge in [0.05, 0.1) is 31.6 Å². The Bertz CT molecular complexity index is 1260. The molecule has 2 N–H and O–H groups in total. The lowest BCUT2D eigenvalue weighted by Crippen LogP contribution is -2.44. The number of H-pyrrole nitrogens is 1. The Morgan fingerprint density at radius 1 is 1.24 bits per heavy atom. The monoisotopic (exact) mass is 443 g/mol. The van der Waals surface area contributed by atoms with Crippen LogP contribution >= 0.6 is 0 Å². The fourth-order valence-corrected chi connectivity index (χ4v) is 5.56. The molecule has 2 aromatic carbocycles. The Morgan fingerprint density at radius 2 is 2.06 bits per heavy atom. The van der Waals surface area contributed by atoms with E-state index >= 15 is 0 Å². The smallest absolute Gasteiger partial charge is 0.234 e. The fraction of sp³-hybridized carbons (Fsp3) is 0.308. The van der Waals surface area contributed by atoms with E-state index in [1.54, 1.807) is 12.0 Å². The number of amides is 2. The number of anilines is 1. The second kappa shape index (κ2) is 7.49. The number of benzene rings is 2. The summed E-state index contributed by atoms with van der Waals surface area (Å²) in [7, 11) is 1.61. The molecule has 2 saturated heterocycles. The number of carbonyl (C=O) groups excluding carboxylic acids is 2. The summed E-state index contributed by atoms with van der Waals surface area (Å²) < 4.78 is 11.5. The Kier molecular flexibility index (Phi) is 4.55. The molecule has 0 unspecified atom stereocenters. The number of nitrogens with zero attached hydrogens (tertiary/aromatic N) is 1. The Labute approximate surface area is 191 Å². The summed E-state index contributed by atoms with van der Waals surface area (Å²) in [5, 5.41) is 4.22. The topological polar surface area (TPSA) is 83.7 Å². The number of carbonyl (C=O) groups is 2. The van der Waals surface area contributed by atoms with Gasteiger partial charge in [-0.1, -0.05) is 30.4 Å². The Balaban J connectivity index is 1.17. The molecule has 1 aromatic heterocycles. The van der Waals surface area contributed by atoms with E-state index in [-0.39, 0.29) is 17.9 Å². The van der Waals surface area contributed by atoms with E-state index in [9.17, 15) is 9.59 Å². The molecule has 7 nitrogen and oxygen atoms in total. The highest BCUT2D eigenvalue weighted by Crippen LogP contribution is 2.52. The number of aromatic nitrogens is 1. The molecule has 0 saturated carbocycles. The number of methoxy groups -OCH3 is 1. The number of hydrogen-bond acceptors (Lipinski definition) is 4. The van der Waals surface area contributed by atoms with Crippen LogP contribution in [0.2, 0.25) is 0 Å². The molecule has 2 fully saturated rings. The van der Waals surface area contributed by atoms with Crippen LogP contribution < -0.4 is 15.0 Å². The van der Waals surface area contributed by atoms with Crippen molar-refractivity contribution in [2.24, 2.45) is 11.8 Å². The van der Waals surface area contributed by atoms with Gasteiger partial charge in [-0.3, -0.25) is 9.59 Å². The van der Waals surface area contributed by atoms with Crippen LogP contribution in [0.3, 0.4) is 0 Å². The van der Waals surface area contributed by atoms with Gasteiger partial charge in [-0.15, -0.1) is 0 Å². The molecule has 2 bridgehead atoms. The molecule has 3 aliphatic rings. The maximum atomic E-state index is 13.4. The van der Waals surface area contributed by atoms with E-state index in [2.05, 4.69) is 16.4 Å². The maximum Gasteiger partial charge on any atom is 0.234 e. The average molecular weight is 444 g/mol. The number of nitrogens with one attached hydrogen (secondary N) is 2. The molecule has 3 aromatic rings. The fourth-order valence-electron chi connectivity index (χ4n) is 5.56. The van der Waals surface area contributed by atoms with Gasteiger partial charge in [-0.25, -0.2) is 0 Å². The van der Waals surface area contributed by atoms with Crippen molar-refractivity contribution in [3.8, 4) is 5.75 Å². The first-order chi connectivity index (χ1) is 16.1. The second-order valence-corrected chi connectivity index (χ2v) is 8.92. The molecule has 3 aliphatic heterocycles. The molecule has 4 atom stereocenters. The third-order valence-corrected chi connectivity index (χ3v) is 7.16. The van der Waals surface area contributed by atoms with Crippen LogP contribution in [-0.4, -0.2) is 48.7 Å². The summed E-state index contributed by atoms with van der Waals surface area (Å²) in [6, 6.07) is 15.5. The highest BCUT2D eigenvalue weighted by Gasteiger charge is 2.67. The van der Waals surface area contributed by atoms with Crippen molar-refractivity contribution < 1.29 is 19.1 Å². The van der Waals surface area contributed by atoms with E-state index < -0.39 is 17.4 Å². The minimum Gasteiger partial charge on any atom is -0.497 e. The summed E-state index contributed by atoms with van der Waals surface area (Å²) in [4.78, 5) is 31.7. The summed E-state index contributed by atoms with van der Waals surface area (Å²) in [6.07, 6.45) is 6.25. The number of fused-ring (bicyclic) bond motifs is 2. The van der Waals surface area contributed by atoms with E-state index in [1.165, 1.54) is 0 Å². The largest absolute Gasteiger partial charge is 0.497 e. The number of para-hydroxylation sites is 1. The van der Waals surface area contributed by atoms with E-state index in [4.69, 9.17) is 9.47 Å². The highest BCUT2D eigenvalue weighted by molar-refractivity contribution is 6.03. The van der Waals surface area contributed by atoms with Gasteiger partial charge in [0, 0.05) is 29.3 Å². The minimum atomic E-state index is -0.736. The summed E-state index contributed by atoms with van der Waals surface area (Å²) in [6.45, 7) is 0.915. The normalized spacial score (nSPS) is 27.4. The van der Waals surface area contributed by atoms with Gasteiger partial charge >= 0.3 is 0 Å². The van der Waals surface area contributed by atoms with Crippen molar-refractivity contribution in [3.63, 3.8) is 0 Å². The first-order valence-electron chi connectivity index (χ1n) is 11.2. The van der Waals surface area contributed by atoms with Gasteiger partial charge in [0.25, 0.3) is 0 Å². The zero-order valence-electron chi connectivity index (χ0n) is 18.3. The number of rotatable bonds is 6. The number of aromatic amines is 1. The summed E-state index contributed by atoms with van der Waals surface area (Å²) in [5.74, 6) is -0.491. The van der Waals surface area contributed by atoms with Crippen LogP contribution in [0.5, 0.6) is 5.75 Å². The third kappa shape index (κ3) is 3.07. The molecular weight excluding hydrogens is 418 g/mol. The van der Waals surface area contributed by atoms with E-state index in [0.717, 1.165) is 27.9 Å². The second-order valence-electron chi connectivity index (χ2n) is 8.92. The van der Waals surface area contributed by atoms with Crippen molar-refractivity contribution in [2.45, 2.75) is 18.1 Å². The first kappa shape index (κ1) is 20.1. The van der Waals surface area contributed by atoms with Gasteiger partial charge in [-0.05, 0) is 42.3 Å². The molecule has 0 aliphatic carbocycles. The third-order valence-electron chi connectivity index (χ3n) is 7.16. The quantitative estimate of drug-likeness (QED) is 0.574. The van der Waals surface area contributed by atoms with Crippen LogP contribution in [0.25, 0.3) is 10.9 Å². The molecule has 33 heavy (non-hydrogen) atoms. The molecule has 0 radical (unpaired) electrons. The maximum absolute atomic E-state index is 13.4. The first-order valence-corrected chi connectivity index (χ1v) is 11.2. The SMILES string of the molecule is COc1ccc(N2C[C@@]34C=C[C@@H](O3)[C@@H](C(=O)NCCc3c[nH]c5ccccc35)[C@H]4C2=O)cc1. The van der Waals surface area contributed by atoms with Gasteiger partial charge in [-0.2, -0.15) is 0 Å². The van der Waals surface area contributed by atoms with E-state index in [1.807, 2.05) is 60.8 Å². The number of hydrogen-bond donors (Lipinski definition) is 2. The van der Waals surface area contributed by atoms with E-state index in [0.29, 0.717) is 19.5 Å². The Hall–Kier alpha value is -3.58. The van der Waals surface area contributed by atoms with Gasteiger partial charge in [0.15, 0.2) is 0 Å². The summed E-state index contributed by atoms with van der Waals surface area (Å²) >= 11 is 0. The molecule has 6 rings (SSSR count). The van der Waals surface area contributed by atoms with Crippen LogP contribution in [0, 0.1) is 11.8 Å². The lowest BCUT2D eigenvalue weighted by atomic mass is 9.77. The lowest BCUT2D eigenvalue weighted by molar-refractivity contribution is -0.131. The van der Waals surface area contributed by atoms with Gasteiger partial charge in [0.2, 0.25) is 11.8 Å².